The van der Waals surface area contributed by atoms with E-state index in [9.17, 15) is 19.0 Å². The molecule has 7 rings (SSSR count). The topological polar surface area (TPSA) is 75.0 Å². The van der Waals surface area contributed by atoms with Crippen LogP contribution in [0.2, 0.25) is 5.15 Å². The number of aliphatic hydroxyl groups excluding tert-OH is 1. The monoisotopic (exact) mass is 618 g/mol. The maximum atomic E-state index is 14.3. The maximum Gasteiger partial charge on any atom is 0.268 e. The first-order valence-electron chi connectivity index (χ1n) is 12.9. The summed E-state index contributed by atoms with van der Waals surface area (Å²) in [4.78, 5) is 6.21. The Bertz CT molecular complexity index is 1460. The predicted molar refractivity (Wildman–Crippen MR) is 144 cm³/mol. The standard InChI is InChI=1S/C29H26BrClF2N2O4/c1-38-26-21-22(20(25(31)34-26)16-7-9-17(30)10-8-16)39-24-19(15-5-3-2-4-6-15)18(23(36)29(21,24)37)13-35-12-11-27(35)14-28(27,32)33/h2-10,18-19,23-24,36-37H,11-14H2,1H3. The zero-order valence-electron chi connectivity index (χ0n) is 21.0. The van der Waals surface area contributed by atoms with E-state index in [-0.39, 0.29) is 29.6 Å². The molecule has 3 heterocycles. The molecule has 0 radical (unpaired) electrons. The third-order valence-electron chi connectivity index (χ3n) is 9.21. The van der Waals surface area contributed by atoms with E-state index in [4.69, 9.17) is 21.1 Å². The van der Waals surface area contributed by atoms with Crippen LogP contribution in [0.25, 0.3) is 11.1 Å². The molecule has 0 bridgehead atoms. The van der Waals surface area contributed by atoms with E-state index in [2.05, 4.69) is 20.9 Å². The van der Waals surface area contributed by atoms with Gasteiger partial charge in [0.25, 0.3) is 5.92 Å². The highest BCUT2D eigenvalue weighted by Gasteiger charge is 2.78. The summed E-state index contributed by atoms with van der Waals surface area (Å²) in [5.41, 5.74) is -0.762. The summed E-state index contributed by atoms with van der Waals surface area (Å²) in [5.74, 6) is -3.45. The molecule has 1 spiro atoms. The normalized spacial score (nSPS) is 33.8. The van der Waals surface area contributed by atoms with Gasteiger partial charge < -0.3 is 19.7 Å². The average molecular weight is 620 g/mol. The summed E-state index contributed by atoms with van der Waals surface area (Å²) in [5, 5.41) is 24.5. The molecule has 2 saturated carbocycles. The molecular weight excluding hydrogens is 594 g/mol. The summed E-state index contributed by atoms with van der Waals surface area (Å²) in [7, 11) is 1.42. The second-order valence-corrected chi connectivity index (χ2v) is 12.3. The van der Waals surface area contributed by atoms with Gasteiger partial charge in [0.05, 0.1) is 29.9 Å². The molecule has 4 aliphatic rings. The number of hydrogen-bond acceptors (Lipinski definition) is 6. The number of methoxy groups -OCH3 is 1. The van der Waals surface area contributed by atoms with Gasteiger partial charge in [-0.05, 0) is 29.7 Å². The highest BCUT2D eigenvalue weighted by atomic mass is 79.9. The van der Waals surface area contributed by atoms with Crippen LogP contribution < -0.4 is 9.47 Å². The number of pyridine rings is 1. The number of alkyl halides is 2. The average Bonchev–Trinajstić information content (AvgIpc) is 3.33. The van der Waals surface area contributed by atoms with Gasteiger partial charge in [0, 0.05) is 35.8 Å². The Labute approximate surface area is 237 Å². The highest BCUT2D eigenvalue weighted by Crippen LogP contribution is 2.66. The number of benzene rings is 2. The minimum atomic E-state index is -2.73. The first-order valence-corrected chi connectivity index (χ1v) is 14.1. The van der Waals surface area contributed by atoms with Gasteiger partial charge in [0.15, 0.2) is 5.60 Å². The molecule has 1 saturated heterocycles. The van der Waals surface area contributed by atoms with Crippen LogP contribution in [-0.2, 0) is 5.60 Å². The second kappa shape index (κ2) is 8.60. The van der Waals surface area contributed by atoms with Gasteiger partial charge in [-0.1, -0.05) is 70.0 Å². The lowest BCUT2D eigenvalue weighted by Crippen LogP contribution is -2.56. The van der Waals surface area contributed by atoms with Crippen LogP contribution >= 0.6 is 27.5 Å². The first-order chi connectivity index (χ1) is 18.6. The van der Waals surface area contributed by atoms with Crippen LogP contribution in [0.4, 0.5) is 8.78 Å². The maximum absolute atomic E-state index is 14.3. The lowest BCUT2D eigenvalue weighted by atomic mass is 9.84. The Morgan fingerprint density at radius 2 is 1.87 bits per heavy atom. The van der Waals surface area contributed by atoms with Gasteiger partial charge >= 0.3 is 0 Å². The largest absolute Gasteiger partial charge is 0.485 e. The van der Waals surface area contributed by atoms with E-state index in [1.54, 1.807) is 4.90 Å². The molecule has 2 aromatic carbocycles. The number of nitrogens with zero attached hydrogens (tertiary/aromatic N) is 2. The molecule has 3 fully saturated rings. The number of fused-ring (bicyclic) bond motifs is 3. The fraction of sp³-hybridized carbons (Fsp3) is 0.414. The van der Waals surface area contributed by atoms with Crippen LogP contribution in [0.1, 0.15) is 29.9 Å². The lowest BCUT2D eigenvalue weighted by Gasteiger charge is -2.44. The fourth-order valence-electron chi connectivity index (χ4n) is 7.08. The molecule has 0 amide bonds. The molecule has 39 heavy (non-hydrogen) atoms. The van der Waals surface area contributed by atoms with Crippen molar-refractivity contribution in [1.82, 2.24) is 9.88 Å². The molecule has 6 atom stereocenters. The Hall–Kier alpha value is -2.30. The van der Waals surface area contributed by atoms with E-state index in [0.717, 1.165) is 15.6 Å². The highest BCUT2D eigenvalue weighted by molar-refractivity contribution is 9.10. The van der Waals surface area contributed by atoms with Crippen LogP contribution in [0.15, 0.2) is 59.1 Å². The number of rotatable bonds is 5. The van der Waals surface area contributed by atoms with Gasteiger partial charge in [0.1, 0.15) is 17.0 Å². The van der Waals surface area contributed by atoms with Gasteiger partial charge in [-0.3, -0.25) is 4.90 Å². The molecule has 204 valence electrons. The van der Waals surface area contributed by atoms with Crippen molar-refractivity contribution in [3.63, 3.8) is 0 Å². The van der Waals surface area contributed by atoms with E-state index < -0.39 is 41.1 Å². The summed E-state index contributed by atoms with van der Waals surface area (Å²) in [6.45, 7) is 0.728. The predicted octanol–water partition coefficient (Wildman–Crippen LogP) is 5.38. The SMILES string of the molecule is COc1nc(Cl)c(-c2ccc(Br)cc2)c2c1C1(O)C(O)C(CN3CCC34CC4(F)F)C(c3ccccc3)C1O2. The Balaban J connectivity index is 1.37. The molecule has 6 nitrogen and oxygen atoms in total. The minimum Gasteiger partial charge on any atom is -0.485 e. The third-order valence-corrected chi connectivity index (χ3v) is 10.0. The van der Waals surface area contributed by atoms with E-state index >= 15 is 0 Å². The number of hydrogen-bond donors (Lipinski definition) is 2. The van der Waals surface area contributed by atoms with Crippen LogP contribution in [0.3, 0.4) is 0 Å². The van der Waals surface area contributed by atoms with Crippen molar-refractivity contribution >= 4 is 27.5 Å². The zero-order valence-corrected chi connectivity index (χ0v) is 23.3. The van der Waals surface area contributed by atoms with Gasteiger partial charge in [-0.2, -0.15) is 0 Å². The Morgan fingerprint density at radius 3 is 2.46 bits per heavy atom. The van der Waals surface area contributed by atoms with Crippen molar-refractivity contribution in [2.45, 2.75) is 48.0 Å². The Kier molecular flexibility index (Phi) is 5.66. The van der Waals surface area contributed by atoms with Crippen molar-refractivity contribution in [2.75, 3.05) is 20.2 Å². The fourth-order valence-corrected chi connectivity index (χ4v) is 7.62. The van der Waals surface area contributed by atoms with Crippen LogP contribution in [0.5, 0.6) is 11.6 Å². The summed E-state index contributed by atoms with van der Waals surface area (Å²) in [6, 6.07) is 16.9. The molecule has 6 unspecified atom stereocenters. The zero-order chi connectivity index (χ0) is 27.3. The Morgan fingerprint density at radius 1 is 1.18 bits per heavy atom. The molecule has 1 aromatic heterocycles. The van der Waals surface area contributed by atoms with Crippen LogP contribution in [0, 0.1) is 5.92 Å². The number of aromatic nitrogens is 1. The first kappa shape index (κ1) is 25.7. The van der Waals surface area contributed by atoms with Crippen molar-refractivity contribution in [1.29, 1.82) is 0 Å². The van der Waals surface area contributed by atoms with Gasteiger partial charge in [0.2, 0.25) is 5.88 Å². The second-order valence-electron chi connectivity index (χ2n) is 11.0. The molecule has 10 heteroatoms. The van der Waals surface area contributed by atoms with E-state index in [1.165, 1.54) is 7.11 Å². The molecule has 2 N–H and O–H groups in total. The van der Waals surface area contributed by atoms with E-state index in [0.29, 0.717) is 24.3 Å². The molecular formula is C29H26BrClF2N2O4. The van der Waals surface area contributed by atoms with Crippen molar-refractivity contribution in [3.8, 4) is 22.8 Å². The van der Waals surface area contributed by atoms with Crippen molar-refractivity contribution in [3.05, 3.63) is 75.4 Å². The smallest absolute Gasteiger partial charge is 0.268 e. The molecule has 2 aliphatic heterocycles. The molecule has 2 aliphatic carbocycles. The number of likely N-dealkylation sites (tertiary alicyclic amines) is 1. The summed E-state index contributed by atoms with van der Waals surface area (Å²) < 4.78 is 41.7. The van der Waals surface area contributed by atoms with Gasteiger partial charge in [-0.25, -0.2) is 13.8 Å². The van der Waals surface area contributed by atoms with Crippen LogP contribution in [-0.4, -0.2) is 64.0 Å². The van der Waals surface area contributed by atoms with Crippen molar-refractivity contribution < 1.29 is 28.5 Å². The minimum absolute atomic E-state index is 0.0570. The third kappa shape index (κ3) is 3.43. The van der Waals surface area contributed by atoms with Gasteiger partial charge in [-0.15, -0.1) is 0 Å². The number of ether oxygens (including phenoxy) is 2. The molecule has 3 aromatic rings. The number of aliphatic hydroxyl groups is 2. The quantitative estimate of drug-likeness (QED) is 0.374. The number of halogens is 4. The lowest BCUT2D eigenvalue weighted by molar-refractivity contribution is -0.108. The van der Waals surface area contributed by atoms with E-state index in [1.807, 2.05) is 54.6 Å². The summed E-state index contributed by atoms with van der Waals surface area (Å²) in [6.07, 6.45) is -2.00. The van der Waals surface area contributed by atoms with Crippen molar-refractivity contribution in [2.24, 2.45) is 5.92 Å². The summed E-state index contributed by atoms with van der Waals surface area (Å²) >= 11 is 10.1.